The number of aryl methyl sites for hydroxylation is 2. The van der Waals surface area contributed by atoms with Gasteiger partial charge < -0.3 is 5.32 Å². The zero-order valence-electron chi connectivity index (χ0n) is 12.7. The second kappa shape index (κ2) is 5.56. The minimum Gasteiger partial charge on any atom is -0.368 e. The van der Waals surface area contributed by atoms with E-state index in [9.17, 15) is 0 Å². The van der Waals surface area contributed by atoms with Gasteiger partial charge in [0, 0.05) is 18.9 Å². The van der Waals surface area contributed by atoms with Crippen LogP contribution in [0.4, 0.5) is 5.82 Å². The van der Waals surface area contributed by atoms with E-state index in [1.807, 2.05) is 23.7 Å². The van der Waals surface area contributed by atoms with E-state index >= 15 is 0 Å². The van der Waals surface area contributed by atoms with Crippen LogP contribution in [-0.4, -0.2) is 21.1 Å². The largest absolute Gasteiger partial charge is 0.368 e. The summed E-state index contributed by atoms with van der Waals surface area (Å²) in [5.41, 5.74) is 4.66. The fourth-order valence-electron chi connectivity index (χ4n) is 2.52. The van der Waals surface area contributed by atoms with Gasteiger partial charge in [0.1, 0.15) is 5.52 Å². The molecule has 3 rings (SSSR count). The minimum absolute atomic E-state index is 0.427. The highest BCUT2D eigenvalue weighted by Crippen LogP contribution is 2.19. The van der Waals surface area contributed by atoms with Gasteiger partial charge >= 0.3 is 0 Å². The van der Waals surface area contributed by atoms with E-state index in [2.05, 4.69) is 53.5 Å². The Kier molecular flexibility index (Phi) is 3.60. The van der Waals surface area contributed by atoms with Crippen LogP contribution >= 0.6 is 0 Å². The number of nitrogens with one attached hydrogen (secondary N) is 1. The molecular weight excluding hydrogens is 260 g/mol. The molecule has 2 aromatic heterocycles. The minimum atomic E-state index is 0.427. The Morgan fingerprint density at radius 1 is 1.24 bits per heavy atom. The third kappa shape index (κ3) is 2.89. The molecule has 4 nitrogen and oxygen atoms in total. The first kappa shape index (κ1) is 13.6. The summed E-state index contributed by atoms with van der Waals surface area (Å²) in [5, 5.41) is 7.85. The number of hydrogen-bond acceptors (Lipinski definition) is 3. The van der Waals surface area contributed by atoms with Crippen LogP contribution in [-0.2, 0) is 0 Å². The molecule has 0 aliphatic rings. The zero-order valence-corrected chi connectivity index (χ0v) is 12.7. The van der Waals surface area contributed by atoms with Crippen molar-refractivity contribution in [1.82, 2.24) is 14.6 Å². The lowest BCUT2D eigenvalue weighted by molar-refractivity contribution is 0.799. The van der Waals surface area contributed by atoms with E-state index in [1.165, 1.54) is 11.1 Å². The Labute approximate surface area is 124 Å². The summed E-state index contributed by atoms with van der Waals surface area (Å²) in [7, 11) is 0. The van der Waals surface area contributed by atoms with Crippen molar-refractivity contribution in [2.24, 2.45) is 0 Å². The first-order chi connectivity index (χ1) is 10.1. The number of hydrogen-bond donors (Lipinski definition) is 1. The van der Waals surface area contributed by atoms with Gasteiger partial charge in [-0.1, -0.05) is 36.8 Å². The summed E-state index contributed by atoms with van der Waals surface area (Å²) in [6, 6.07) is 10.7. The molecule has 0 saturated heterocycles. The fourth-order valence-corrected chi connectivity index (χ4v) is 2.52. The lowest BCUT2D eigenvalue weighted by Crippen LogP contribution is -2.11. The second-order valence-electron chi connectivity index (χ2n) is 5.59. The Hall–Kier alpha value is -2.36. The molecule has 108 valence electrons. The summed E-state index contributed by atoms with van der Waals surface area (Å²) in [6.45, 7) is 7.19. The van der Waals surface area contributed by atoms with Crippen molar-refractivity contribution in [2.75, 3.05) is 11.9 Å². The number of fused-ring (bicyclic) bond motifs is 1. The van der Waals surface area contributed by atoms with Crippen LogP contribution in [0.25, 0.3) is 5.52 Å². The smallest absolute Gasteiger partial charge is 0.152 e. The Balaban J connectivity index is 1.77. The fraction of sp³-hybridized carbons (Fsp3) is 0.294. The first-order valence-corrected chi connectivity index (χ1v) is 7.25. The predicted octanol–water partition coefficient (Wildman–Crippen LogP) is 3.56. The van der Waals surface area contributed by atoms with Crippen LogP contribution in [0.15, 0.2) is 42.7 Å². The maximum absolute atomic E-state index is 4.43. The Morgan fingerprint density at radius 3 is 2.90 bits per heavy atom. The van der Waals surface area contributed by atoms with Crippen molar-refractivity contribution in [2.45, 2.75) is 26.7 Å². The van der Waals surface area contributed by atoms with E-state index in [-0.39, 0.29) is 0 Å². The number of aromatic nitrogens is 3. The SMILES string of the molecule is Cc1cccc(C(C)CNc2nccn3nc(C)cc23)c1. The average Bonchev–Trinajstić information content (AvgIpc) is 2.85. The van der Waals surface area contributed by atoms with Gasteiger partial charge in [-0.05, 0) is 31.4 Å². The number of anilines is 1. The van der Waals surface area contributed by atoms with E-state index in [0.29, 0.717) is 5.92 Å². The van der Waals surface area contributed by atoms with Crippen LogP contribution in [0.5, 0.6) is 0 Å². The maximum atomic E-state index is 4.43. The number of rotatable bonds is 4. The lowest BCUT2D eigenvalue weighted by atomic mass is 9.99. The molecule has 0 aliphatic heterocycles. The van der Waals surface area contributed by atoms with Gasteiger partial charge in [-0.25, -0.2) is 9.50 Å². The number of nitrogens with zero attached hydrogens (tertiary/aromatic N) is 3. The molecule has 0 bridgehead atoms. The number of benzene rings is 1. The second-order valence-corrected chi connectivity index (χ2v) is 5.59. The molecule has 21 heavy (non-hydrogen) atoms. The molecule has 3 aromatic rings. The third-order valence-corrected chi connectivity index (χ3v) is 3.70. The summed E-state index contributed by atoms with van der Waals surface area (Å²) in [6.07, 6.45) is 3.65. The molecule has 0 saturated carbocycles. The molecule has 4 heteroatoms. The van der Waals surface area contributed by atoms with Crippen molar-refractivity contribution < 1.29 is 0 Å². The molecule has 0 radical (unpaired) electrons. The van der Waals surface area contributed by atoms with Crippen molar-refractivity contribution in [1.29, 1.82) is 0 Å². The van der Waals surface area contributed by atoms with Gasteiger partial charge in [0.25, 0.3) is 0 Å². The van der Waals surface area contributed by atoms with Crippen LogP contribution in [0.3, 0.4) is 0 Å². The van der Waals surface area contributed by atoms with Crippen LogP contribution in [0, 0.1) is 13.8 Å². The molecule has 1 unspecified atom stereocenters. The Bertz CT molecular complexity index is 760. The highest BCUT2D eigenvalue weighted by Gasteiger charge is 2.09. The summed E-state index contributed by atoms with van der Waals surface area (Å²) < 4.78 is 1.86. The molecule has 1 atom stereocenters. The summed E-state index contributed by atoms with van der Waals surface area (Å²) in [4.78, 5) is 4.43. The maximum Gasteiger partial charge on any atom is 0.152 e. The standard InChI is InChI=1S/C17H20N4/c1-12-5-4-6-15(9-12)13(2)11-19-17-16-10-14(3)20-21(16)8-7-18-17/h4-10,13H,11H2,1-3H3,(H,18,19). The van der Waals surface area contributed by atoms with Crippen LogP contribution in [0.1, 0.15) is 29.7 Å². The van der Waals surface area contributed by atoms with Gasteiger partial charge in [-0.15, -0.1) is 0 Å². The van der Waals surface area contributed by atoms with Gasteiger partial charge in [0.15, 0.2) is 5.82 Å². The van der Waals surface area contributed by atoms with Crippen molar-refractivity contribution in [3.8, 4) is 0 Å². The monoisotopic (exact) mass is 280 g/mol. The van der Waals surface area contributed by atoms with E-state index < -0.39 is 0 Å². The third-order valence-electron chi connectivity index (χ3n) is 3.70. The molecule has 1 aromatic carbocycles. The summed E-state index contributed by atoms with van der Waals surface area (Å²) >= 11 is 0. The molecular formula is C17H20N4. The van der Waals surface area contributed by atoms with Crippen molar-refractivity contribution in [3.05, 3.63) is 59.5 Å². The van der Waals surface area contributed by atoms with Crippen LogP contribution < -0.4 is 5.32 Å². The summed E-state index contributed by atoms with van der Waals surface area (Å²) in [5.74, 6) is 1.31. The van der Waals surface area contributed by atoms with Gasteiger partial charge in [-0.2, -0.15) is 5.10 Å². The van der Waals surface area contributed by atoms with E-state index in [0.717, 1.165) is 23.6 Å². The van der Waals surface area contributed by atoms with E-state index in [1.54, 1.807) is 6.20 Å². The topological polar surface area (TPSA) is 42.2 Å². The van der Waals surface area contributed by atoms with E-state index in [4.69, 9.17) is 0 Å². The van der Waals surface area contributed by atoms with Crippen molar-refractivity contribution in [3.63, 3.8) is 0 Å². The molecule has 0 amide bonds. The quantitative estimate of drug-likeness (QED) is 0.794. The van der Waals surface area contributed by atoms with Gasteiger partial charge in [0.05, 0.1) is 5.69 Å². The van der Waals surface area contributed by atoms with Crippen LogP contribution in [0.2, 0.25) is 0 Å². The highest BCUT2D eigenvalue weighted by molar-refractivity contribution is 5.67. The average molecular weight is 280 g/mol. The Morgan fingerprint density at radius 2 is 2.10 bits per heavy atom. The molecule has 0 aliphatic carbocycles. The van der Waals surface area contributed by atoms with Gasteiger partial charge in [0.2, 0.25) is 0 Å². The molecule has 2 heterocycles. The zero-order chi connectivity index (χ0) is 14.8. The lowest BCUT2D eigenvalue weighted by Gasteiger charge is -2.14. The van der Waals surface area contributed by atoms with Crippen molar-refractivity contribution >= 4 is 11.3 Å². The molecule has 0 fully saturated rings. The molecule has 0 spiro atoms. The molecule has 1 N–H and O–H groups in total. The highest BCUT2D eigenvalue weighted by atomic mass is 15.2. The normalized spacial score (nSPS) is 12.5. The first-order valence-electron chi connectivity index (χ1n) is 7.25. The predicted molar refractivity (Wildman–Crippen MR) is 85.8 cm³/mol. The van der Waals surface area contributed by atoms with Gasteiger partial charge in [-0.3, -0.25) is 0 Å².